The normalized spacial score (nSPS) is 14.9. The lowest BCUT2D eigenvalue weighted by atomic mass is 10.2. The van der Waals surface area contributed by atoms with E-state index in [2.05, 4.69) is 25.4 Å². The molecule has 0 saturated carbocycles. The Balaban J connectivity index is 1.26. The average molecular weight is 445 g/mol. The van der Waals surface area contributed by atoms with Crippen molar-refractivity contribution < 1.29 is 22.4 Å². The first-order valence-corrected chi connectivity index (χ1v) is 10.1. The van der Waals surface area contributed by atoms with Gasteiger partial charge < -0.3 is 20.0 Å². The van der Waals surface area contributed by atoms with Crippen molar-refractivity contribution in [2.24, 2.45) is 0 Å². The standard InChI is InChI=1S/C22H22F3N5O2/c23-22(24,25)17-1-3-18(4-2-17)27-21(31)28-19-5-6-20(26-13-19)30-10-8-29(9-11-30)14-16-7-12-32-15-16/h1-7,12-13,15H,8-11,14H2,(H2,27,28,31). The van der Waals surface area contributed by atoms with Gasteiger partial charge in [-0.15, -0.1) is 0 Å². The summed E-state index contributed by atoms with van der Waals surface area (Å²) in [5, 5.41) is 5.13. The number of carbonyl (C=O) groups is 1. The molecule has 1 aromatic carbocycles. The van der Waals surface area contributed by atoms with E-state index in [-0.39, 0.29) is 5.69 Å². The number of hydrogen-bond donors (Lipinski definition) is 2. The molecule has 168 valence electrons. The summed E-state index contributed by atoms with van der Waals surface area (Å²) in [5.41, 5.74) is 1.12. The minimum Gasteiger partial charge on any atom is -0.472 e. The van der Waals surface area contributed by atoms with Crippen LogP contribution in [0.5, 0.6) is 0 Å². The number of anilines is 3. The number of nitrogens with one attached hydrogen (secondary N) is 2. The maximum Gasteiger partial charge on any atom is 0.416 e. The van der Waals surface area contributed by atoms with E-state index in [4.69, 9.17) is 4.42 Å². The molecule has 1 aliphatic rings. The topological polar surface area (TPSA) is 73.6 Å². The molecule has 7 nitrogen and oxygen atoms in total. The molecular weight excluding hydrogens is 423 g/mol. The monoisotopic (exact) mass is 445 g/mol. The lowest BCUT2D eigenvalue weighted by molar-refractivity contribution is -0.137. The Morgan fingerprint density at radius 2 is 1.66 bits per heavy atom. The van der Waals surface area contributed by atoms with Gasteiger partial charge in [0.15, 0.2) is 0 Å². The van der Waals surface area contributed by atoms with Gasteiger partial charge in [0, 0.05) is 44.0 Å². The minimum absolute atomic E-state index is 0.258. The summed E-state index contributed by atoms with van der Waals surface area (Å²) < 4.78 is 43.0. The number of halogens is 3. The van der Waals surface area contributed by atoms with Crippen LogP contribution in [0.25, 0.3) is 0 Å². The zero-order chi connectivity index (χ0) is 22.6. The first-order valence-electron chi connectivity index (χ1n) is 10.1. The van der Waals surface area contributed by atoms with Gasteiger partial charge in [-0.3, -0.25) is 4.90 Å². The number of pyridine rings is 1. The molecule has 32 heavy (non-hydrogen) atoms. The van der Waals surface area contributed by atoms with Crippen LogP contribution in [0, 0.1) is 0 Å². The molecule has 2 N–H and O–H groups in total. The quantitative estimate of drug-likeness (QED) is 0.598. The molecule has 2 aromatic heterocycles. The smallest absolute Gasteiger partial charge is 0.416 e. The third-order valence-corrected chi connectivity index (χ3v) is 5.16. The number of alkyl halides is 3. The second kappa shape index (κ2) is 9.31. The lowest BCUT2D eigenvalue weighted by Gasteiger charge is -2.35. The molecule has 0 aliphatic carbocycles. The van der Waals surface area contributed by atoms with Gasteiger partial charge >= 0.3 is 12.2 Å². The van der Waals surface area contributed by atoms with Gasteiger partial charge in [-0.1, -0.05) is 0 Å². The van der Waals surface area contributed by atoms with Crippen LogP contribution in [0.4, 0.5) is 35.2 Å². The van der Waals surface area contributed by atoms with E-state index in [1.807, 2.05) is 12.1 Å². The van der Waals surface area contributed by atoms with Crippen LogP contribution in [0.1, 0.15) is 11.1 Å². The molecule has 0 unspecified atom stereocenters. The van der Waals surface area contributed by atoms with Crippen molar-refractivity contribution in [3.8, 4) is 0 Å². The highest BCUT2D eigenvalue weighted by molar-refractivity contribution is 5.99. The molecular formula is C22H22F3N5O2. The van der Waals surface area contributed by atoms with Crippen LogP contribution in [-0.2, 0) is 12.7 Å². The van der Waals surface area contributed by atoms with Crippen molar-refractivity contribution in [3.63, 3.8) is 0 Å². The maximum absolute atomic E-state index is 12.6. The number of benzene rings is 1. The van der Waals surface area contributed by atoms with Gasteiger partial charge in [-0.25, -0.2) is 9.78 Å². The van der Waals surface area contributed by atoms with E-state index in [1.54, 1.807) is 24.8 Å². The van der Waals surface area contributed by atoms with Crippen LogP contribution in [0.15, 0.2) is 65.6 Å². The molecule has 3 heterocycles. The first-order chi connectivity index (χ1) is 15.4. The summed E-state index contributed by atoms with van der Waals surface area (Å²) in [6.45, 7) is 4.34. The number of hydrogen-bond acceptors (Lipinski definition) is 5. The zero-order valence-electron chi connectivity index (χ0n) is 17.1. The second-order valence-corrected chi connectivity index (χ2v) is 7.45. The predicted molar refractivity (Wildman–Crippen MR) is 115 cm³/mol. The van der Waals surface area contributed by atoms with Gasteiger partial charge in [0.2, 0.25) is 0 Å². The van der Waals surface area contributed by atoms with E-state index in [1.165, 1.54) is 12.1 Å². The Morgan fingerprint density at radius 1 is 0.969 bits per heavy atom. The average Bonchev–Trinajstić information content (AvgIpc) is 3.28. The van der Waals surface area contributed by atoms with Crippen LogP contribution >= 0.6 is 0 Å². The fraction of sp³-hybridized carbons (Fsp3) is 0.273. The van der Waals surface area contributed by atoms with Crippen LogP contribution in [0.3, 0.4) is 0 Å². The third-order valence-electron chi connectivity index (χ3n) is 5.16. The van der Waals surface area contributed by atoms with Gasteiger partial charge in [0.05, 0.1) is 30.0 Å². The summed E-state index contributed by atoms with van der Waals surface area (Å²) in [6.07, 6.45) is 0.572. The molecule has 1 fully saturated rings. The number of rotatable bonds is 5. The number of piperazine rings is 1. The number of aromatic nitrogens is 1. The van der Waals surface area contributed by atoms with Crippen molar-refractivity contribution in [2.75, 3.05) is 41.7 Å². The van der Waals surface area contributed by atoms with E-state index < -0.39 is 17.8 Å². The van der Waals surface area contributed by atoms with Crippen LogP contribution in [0.2, 0.25) is 0 Å². The Kier molecular flexibility index (Phi) is 6.31. The summed E-state index contributed by atoms with van der Waals surface area (Å²) in [5.74, 6) is 0.821. The largest absolute Gasteiger partial charge is 0.472 e. The highest BCUT2D eigenvalue weighted by Crippen LogP contribution is 2.29. The van der Waals surface area contributed by atoms with Crippen LogP contribution < -0.4 is 15.5 Å². The number of nitrogens with zero attached hydrogens (tertiary/aromatic N) is 3. The summed E-state index contributed by atoms with van der Waals surface area (Å²) >= 11 is 0. The number of carbonyl (C=O) groups excluding carboxylic acids is 1. The van der Waals surface area contributed by atoms with E-state index in [9.17, 15) is 18.0 Å². The third kappa shape index (κ3) is 5.58. The molecule has 4 rings (SSSR count). The van der Waals surface area contributed by atoms with E-state index in [0.29, 0.717) is 5.69 Å². The fourth-order valence-corrected chi connectivity index (χ4v) is 3.46. The molecule has 0 spiro atoms. The molecule has 3 aromatic rings. The number of furan rings is 1. The number of amides is 2. The Labute approximate surface area is 182 Å². The van der Waals surface area contributed by atoms with Gasteiger partial charge in [-0.2, -0.15) is 13.2 Å². The Hall–Kier alpha value is -3.53. The zero-order valence-corrected chi connectivity index (χ0v) is 17.1. The molecule has 1 aliphatic heterocycles. The van der Waals surface area contributed by atoms with Gasteiger partial charge in [0.1, 0.15) is 5.82 Å². The van der Waals surface area contributed by atoms with Crippen LogP contribution in [-0.4, -0.2) is 42.1 Å². The van der Waals surface area contributed by atoms with E-state index in [0.717, 1.165) is 56.2 Å². The number of urea groups is 1. The van der Waals surface area contributed by atoms with Crippen molar-refractivity contribution in [3.05, 3.63) is 72.3 Å². The molecule has 10 heteroatoms. The fourth-order valence-electron chi connectivity index (χ4n) is 3.46. The molecule has 2 amide bonds. The van der Waals surface area contributed by atoms with Crippen molar-refractivity contribution in [1.29, 1.82) is 0 Å². The predicted octanol–water partition coefficient (Wildman–Crippen LogP) is 4.66. The second-order valence-electron chi connectivity index (χ2n) is 7.45. The Morgan fingerprint density at radius 3 is 2.25 bits per heavy atom. The Bertz CT molecular complexity index is 1010. The highest BCUT2D eigenvalue weighted by atomic mass is 19.4. The van der Waals surface area contributed by atoms with Crippen molar-refractivity contribution in [2.45, 2.75) is 12.7 Å². The van der Waals surface area contributed by atoms with Gasteiger partial charge in [-0.05, 0) is 42.5 Å². The minimum atomic E-state index is -4.42. The summed E-state index contributed by atoms with van der Waals surface area (Å²) in [4.78, 5) is 21.1. The molecule has 0 radical (unpaired) electrons. The lowest BCUT2D eigenvalue weighted by Crippen LogP contribution is -2.46. The maximum atomic E-state index is 12.6. The van der Waals surface area contributed by atoms with Crippen molar-refractivity contribution in [1.82, 2.24) is 9.88 Å². The molecule has 0 bridgehead atoms. The SMILES string of the molecule is O=C(Nc1ccc(C(F)(F)F)cc1)Nc1ccc(N2CCN(Cc3ccoc3)CC2)nc1. The molecule has 1 saturated heterocycles. The van der Waals surface area contributed by atoms with Crippen molar-refractivity contribution >= 4 is 23.2 Å². The summed E-state index contributed by atoms with van der Waals surface area (Å²) in [7, 11) is 0. The highest BCUT2D eigenvalue weighted by Gasteiger charge is 2.30. The summed E-state index contributed by atoms with van der Waals surface area (Å²) in [6, 6.07) is 9.22. The van der Waals surface area contributed by atoms with E-state index >= 15 is 0 Å². The van der Waals surface area contributed by atoms with Gasteiger partial charge in [0.25, 0.3) is 0 Å². The molecule has 0 atom stereocenters. The first kappa shape index (κ1) is 21.7.